The van der Waals surface area contributed by atoms with Crippen LogP contribution in [-0.4, -0.2) is 41.0 Å². The van der Waals surface area contributed by atoms with Crippen LogP contribution in [0.1, 0.15) is 12.8 Å². The summed E-state index contributed by atoms with van der Waals surface area (Å²) in [4.78, 5) is 0. The number of alkyl halides is 1. The van der Waals surface area contributed by atoms with E-state index in [0.29, 0.717) is 6.54 Å². The first-order valence-corrected chi connectivity index (χ1v) is 5.95. The zero-order chi connectivity index (χ0) is 10.2. The van der Waals surface area contributed by atoms with E-state index < -0.39 is 16.7 Å². The highest BCUT2D eigenvalue weighted by Crippen LogP contribution is 1.90. The molecule has 0 aromatic rings. The van der Waals surface area contributed by atoms with Crippen molar-refractivity contribution in [1.82, 2.24) is 10.0 Å². The first-order chi connectivity index (χ1) is 6.12. The number of rotatable bonds is 8. The van der Waals surface area contributed by atoms with E-state index in [4.69, 9.17) is 0 Å². The smallest absolute Gasteiger partial charge is 0.211 e. The lowest BCUT2D eigenvalue weighted by Gasteiger charge is -2.04. The second-order valence-electron chi connectivity index (χ2n) is 2.71. The average molecular weight is 249 g/mol. The van der Waals surface area contributed by atoms with Crippen LogP contribution >= 0.6 is 12.4 Å². The number of halogens is 2. The molecule has 0 saturated heterocycles. The summed E-state index contributed by atoms with van der Waals surface area (Å²) < 4.78 is 36.2. The third kappa shape index (κ3) is 10.2. The molecule has 14 heavy (non-hydrogen) atoms. The second kappa shape index (κ2) is 9.64. The monoisotopic (exact) mass is 248 g/mol. The fourth-order valence-electron chi connectivity index (χ4n) is 0.810. The van der Waals surface area contributed by atoms with E-state index in [1.165, 1.54) is 0 Å². The van der Waals surface area contributed by atoms with E-state index in [1.807, 2.05) is 0 Å². The van der Waals surface area contributed by atoms with Crippen LogP contribution in [0, 0.1) is 0 Å². The Morgan fingerprint density at radius 1 is 1.21 bits per heavy atom. The molecule has 0 amide bonds. The van der Waals surface area contributed by atoms with Gasteiger partial charge in [-0.3, -0.25) is 4.39 Å². The van der Waals surface area contributed by atoms with E-state index in [2.05, 4.69) is 10.0 Å². The lowest BCUT2D eigenvalue weighted by molar-refractivity contribution is 0.483. The molecule has 0 spiro atoms. The maximum Gasteiger partial charge on any atom is 0.211 e. The van der Waals surface area contributed by atoms with E-state index in [-0.39, 0.29) is 24.6 Å². The van der Waals surface area contributed by atoms with Crippen LogP contribution in [0.25, 0.3) is 0 Å². The summed E-state index contributed by atoms with van der Waals surface area (Å²) in [6.07, 6.45) is 0.812. The Morgan fingerprint density at radius 2 is 1.86 bits per heavy atom. The molecular formula is C7H18ClFN2O2S. The summed E-state index contributed by atoms with van der Waals surface area (Å²) in [5.74, 6) is -0.122. The Balaban J connectivity index is 0. The van der Waals surface area contributed by atoms with Gasteiger partial charge >= 0.3 is 0 Å². The van der Waals surface area contributed by atoms with Crippen molar-refractivity contribution in [3.8, 4) is 0 Å². The number of sulfonamides is 1. The Hall–Kier alpha value is 0.0900. The van der Waals surface area contributed by atoms with Gasteiger partial charge in [-0.25, -0.2) is 13.1 Å². The minimum atomic E-state index is -3.24. The van der Waals surface area contributed by atoms with Crippen molar-refractivity contribution in [2.75, 3.05) is 32.6 Å². The van der Waals surface area contributed by atoms with Crippen LogP contribution in [0.4, 0.5) is 4.39 Å². The van der Waals surface area contributed by atoms with E-state index in [9.17, 15) is 12.8 Å². The van der Waals surface area contributed by atoms with Gasteiger partial charge in [-0.2, -0.15) is 0 Å². The third-order valence-electron chi connectivity index (χ3n) is 1.47. The molecule has 4 nitrogen and oxygen atoms in total. The van der Waals surface area contributed by atoms with Gasteiger partial charge in [0.05, 0.1) is 12.4 Å². The zero-order valence-corrected chi connectivity index (χ0v) is 9.89. The SMILES string of the molecule is CNCCCNS(=O)(=O)CCCF.Cl. The molecule has 0 aliphatic carbocycles. The normalized spacial score (nSPS) is 11.0. The summed E-state index contributed by atoms with van der Waals surface area (Å²) in [6.45, 7) is 0.596. The first kappa shape index (κ1) is 16.5. The highest BCUT2D eigenvalue weighted by Gasteiger charge is 2.07. The molecule has 0 heterocycles. The molecule has 0 bridgehead atoms. The van der Waals surface area contributed by atoms with Crippen molar-refractivity contribution in [3.05, 3.63) is 0 Å². The quantitative estimate of drug-likeness (QED) is 0.608. The van der Waals surface area contributed by atoms with E-state index in [1.54, 1.807) is 7.05 Å². The minimum Gasteiger partial charge on any atom is -0.320 e. The maximum atomic E-state index is 11.7. The minimum absolute atomic E-state index is 0. The Morgan fingerprint density at radius 3 is 2.36 bits per heavy atom. The summed E-state index contributed by atoms with van der Waals surface area (Å²) in [6, 6.07) is 0. The fourth-order valence-corrected chi connectivity index (χ4v) is 1.90. The number of nitrogens with one attached hydrogen (secondary N) is 2. The van der Waals surface area contributed by atoms with Gasteiger partial charge in [0.15, 0.2) is 0 Å². The molecule has 7 heteroatoms. The summed E-state index contributed by atoms with van der Waals surface area (Å²) in [5, 5.41) is 2.90. The number of hydrogen-bond donors (Lipinski definition) is 2. The predicted octanol–water partition coefficient (Wildman–Crippen LogP) is 0.297. The van der Waals surface area contributed by atoms with Crippen LogP contribution in [0.15, 0.2) is 0 Å². The van der Waals surface area contributed by atoms with Gasteiger partial charge in [0.2, 0.25) is 10.0 Å². The standard InChI is InChI=1S/C7H17FN2O2S.ClH/c1-9-5-3-6-10-13(11,12)7-2-4-8;/h9-10H,2-7H2,1H3;1H. The largest absolute Gasteiger partial charge is 0.320 e. The molecule has 0 saturated carbocycles. The molecule has 88 valence electrons. The molecule has 0 atom stereocenters. The maximum absolute atomic E-state index is 11.7. The predicted molar refractivity (Wildman–Crippen MR) is 58.2 cm³/mol. The molecule has 0 radical (unpaired) electrons. The molecule has 0 aromatic carbocycles. The second-order valence-corrected chi connectivity index (χ2v) is 4.64. The van der Waals surface area contributed by atoms with Gasteiger partial charge < -0.3 is 5.32 Å². The number of hydrogen-bond acceptors (Lipinski definition) is 3. The van der Waals surface area contributed by atoms with Crippen LogP contribution < -0.4 is 10.0 Å². The van der Waals surface area contributed by atoms with Gasteiger partial charge in [-0.05, 0) is 26.4 Å². The lowest BCUT2D eigenvalue weighted by Crippen LogP contribution is -2.29. The van der Waals surface area contributed by atoms with Gasteiger partial charge in [0.25, 0.3) is 0 Å². The Bertz CT molecular complexity index is 212. The van der Waals surface area contributed by atoms with Gasteiger partial charge in [0, 0.05) is 6.54 Å². The topological polar surface area (TPSA) is 58.2 Å². The van der Waals surface area contributed by atoms with Crippen molar-refractivity contribution in [1.29, 1.82) is 0 Å². The van der Waals surface area contributed by atoms with Crippen LogP contribution in [0.3, 0.4) is 0 Å². The Labute approximate surface area is 91.1 Å². The summed E-state index contributed by atoms with van der Waals surface area (Å²) in [7, 11) is -1.44. The molecule has 0 aliphatic rings. The van der Waals surface area contributed by atoms with Gasteiger partial charge in [0.1, 0.15) is 0 Å². The van der Waals surface area contributed by atoms with Gasteiger partial charge in [-0.1, -0.05) is 0 Å². The lowest BCUT2D eigenvalue weighted by atomic mass is 10.4. The van der Waals surface area contributed by atoms with Crippen molar-refractivity contribution in [2.45, 2.75) is 12.8 Å². The van der Waals surface area contributed by atoms with Crippen molar-refractivity contribution < 1.29 is 12.8 Å². The van der Waals surface area contributed by atoms with Gasteiger partial charge in [-0.15, -0.1) is 12.4 Å². The van der Waals surface area contributed by atoms with Crippen LogP contribution in [-0.2, 0) is 10.0 Å². The molecular weight excluding hydrogens is 231 g/mol. The molecule has 0 aromatic heterocycles. The molecule has 0 rings (SSSR count). The highest BCUT2D eigenvalue weighted by atomic mass is 35.5. The van der Waals surface area contributed by atoms with E-state index in [0.717, 1.165) is 13.0 Å². The van der Waals surface area contributed by atoms with Crippen LogP contribution in [0.2, 0.25) is 0 Å². The zero-order valence-electron chi connectivity index (χ0n) is 8.25. The first-order valence-electron chi connectivity index (χ1n) is 4.30. The van der Waals surface area contributed by atoms with Crippen LogP contribution in [0.5, 0.6) is 0 Å². The summed E-state index contributed by atoms with van der Waals surface area (Å²) >= 11 is 0. The molecule has 2 N–H and O–H groups in total. The summed E-state index contributed by atoms with van der Waals surface area (Å²) in [5.41, 5.74) is 0. The highest BCUT2D eigenvalue weighted by molar-refractivity contribution is 7.89. The fraction of sp³-hybridized carbons (Fsp3) is 1.00. The Kier molecular flexibility index (Phi) is 11.4. The molecule has 0 aliphatic heterocycles. The average Bonchev–Trinajstić information content (AvgIpc) is 2.09. The third-order valence-corrected chi connectivity index (χ3v) is 2.94. The van der Waals surface area contributed by atoms with Crippen molar-refractivity contribution >= 4 is 22.4 Å². The van der Waals surface area contributed by atoms with E-state index >= 15 is 0 Å². The molecule has 0 unspecified atom stereocenters. The van der Waals surface area contributed by atoms with Crippen molar-refractivity contribution in [2.24, 2.45) is 0 Å². The van der Waals surface area contributed by atoms with Crippen molar-refractivity contribution in [3.63, 3.8) is 0 Å². The molecule has 0 fully saturated rings.